The molecule has 6 nitrogen and oxygen atoms in total. The molecule has 3 aromatic rings. The molecule has 0 radical (unpaired) electrons. The third-order valence-electron chi connectivity index (χ3n) is 3.72. The minimum atomic E-state index is 0.440. The highest BCUT2D eigenvalue weighted by Crippen LogP contribution is 2.29. The lowest BCUT2D eigenvalue weighted by Gasteiger charge is -2.12. The van der Waals surface area contributed by atoms with Crippen LogP contribution in [0.15, 0.2) is 54.7 Å². The molecule has 0 saturated heterocycles. The summed E-state index contributed by atoms with van der Waals surface area (Å²) in [6.45, 7) is 0.584. The van der Waals surface area contributed by atoms with Crippen molar-refractivity contribution in [3.8, 4) is 11.5 Å². The number of benzene rings is 2. The van der Waals surface area contributed by atoms with E-state index in [9.17, 15) is 0 Å². The van der Waals surface area contributed by atoms with Crippen LogP contribution in [-0.4, -0.2) is 24.2 Å². The molecule has 0 aliphatic carbocycles. The van der Waals surface area contributed by atoms with Gasteiger partial charge >= 0.3 is 0 Å². The highest BCUT2D eigenvalue weighted by molar-refractivity contribution is 6.31. The third kappa shape index (κ3) is 4.34. The van der Waals surface area contributed by atoms with E-state index in [0.717, 1.165) is 11.3 Å². The summed E-state index contributed by atoms with van der Waals surface area (Å²) in [7, 11) is 3.25. The van der Waals surface area contributed by atoms with Gasteiger partial charge in [0.25, 0.3) is 0 Å². The van der Waals surface area contributed by atoms with Gasteiger partial charge in [0.05, 0.1) is 19.9 Å². The maximum Gasteiger partial charge on any atom is 0.229 e. The first kappa shape index (κ1) is 17.8. The molecule has 7 heteroatoms. The van der Waals surface area contributed by atoms with Gasteiger partial charge in [-0.05, 0) is 30.3 Å². The van der Waals surface area contributed by atoms with Crippen molar-refractivity contribution in [3.05, 3.63) is 65.3 Å². The topological polar surface area (TPSA) is 68.3 Å². The maximum absolute atomic E-state index is 6.06. The zero-order valence-electron chi connectivity index (χ0n) is 14.5. The van der Waals surface area contributed by atoms with Crippen LogP contribution in [-0.2, 0) is 6.54 Å². The lowest BCUT2D eigenvalue weighted by Crippen LogP contribution is -2.05. The molecular formula is C19H19ClN4O2. The normalized spacial score (nSPS) is 10.3. The average Bonchev–Trinajstić information content (AvgIpc) is 2.67. The Kier molecular flexibility index (Phi) is 5.76. The molecule has 0 atom stereocenters. The molecule has 134 valence electrons. The Bertz CT molecular complexity index is 889. The Hall–Kier alpha value is -2.99. The molecule has 3 rings (SSSR count). The summed E-state index contributed by atoms with van der Waals surface area (Å²) in [5.41, 5.74) is 1.74. The standard InChI is InChI=1S/C19H19ClN4O2/c1-25-16-6-4-3-5-13(16)12-22-18-9-10-21-19(24-18)23-15-11-14(20)7-8-17(15)26-2/h3-11H,12H2,1-2H3,(H2,21,22,23,24). The molecule has 0 bridgehead atoms. The lowest BCUT2D eigenvalue weighted by molar-refractivity contribution is 0.410. The molecular weight excluding hydrogens is 352 g/mol. The first-order chi connectivity index (χ1) is 12.7. The molecule has 26 heavy (non-hydrogen) atoms. The number of ether oxygens (including phenoxy) is 2. The van der Waals surface area contributed by atoms with Crippen molar-refractivity contribution in [3.63, 3.8) is 0 Å². The van der Waals surface area contributed by atoms with E-state index >= 15 is 0 Å². The average molecular weight is 371 g/mol. The Labute approximate surface area is 157 Å². The van der Waals surface area contributed by atoms with Gasteiger partial charge in [-0.25, -0.2) is 4.98 Å². The van der Waals surface area contributed by atoms with Crippen LogP contribution in [0.4, 0.5) is 17.5 Å². The van der Waals surface area contributed by atoms with E-state index in [1.807, 2.05) is 24.3 Å². The Morgan fingerprint density at radius 3 is 2.62 bits per heavy atom. The molecule has 1 aromatic heterocycles. The number of para-hydroxylation sites is 1. The van der Waals surface area contributed by atoms with Crippen LogP contribution in [0.5, 0.6) is 11.5 Å². The first-order valence-electron chi connectivity index (χ1n) is 7.99. The zero-order valence-corrected chi connectivity index (χ0v) is 15.2. The van der Waals surface area contributed by atoms with Crippen LogP contribution < -0.4 is 20.1 Å². The summed E-state index contributed by atoms with van der Waals surface area (Å²) in [4.78, 5) is 8.71. The predicted molar refractivity (Wildman–Crippen MR) is 104 cm³/mol. The monoisotopic (exact) mass is 370 g/mol. The van der Waals surface area contributed by atoms with Gasteiger partial charge in [0.1, 0.15) is 17.3 Å². The molecule has 0 amide bonds. The Morgan fingerprint density at radius 1 is 1.00 bits per heavy atom. The van der Waals surface area contributed by atoms with Crippen molar-refractivity contribution in [2.75, 3.05) is 24.9 Å². The summed E-state index contributed by atoms with van der Waals surface area (Å²) < 4.78 is 10.7. The predicted octanol–water partition coefficient (Wildman–Crippen LogP) is 4.50. The number of aromatic nitrogens is 2. The van der Waals surface area contributed by atoms with E-state index in [4.69, 9.17) is 21.1 Å². The Balaban J connectivity index is 1.73. The second-order valence-electron chi connectivity index (χ2n) is 5.40. The molecule has 0 aliphatic heterocycles. The SMILES string of the molecule is COc1ccccc1CNc1ccnc(Nc2cc(Cl)ccc2OC)n1. The van der Waals surface area contributed by atoms with E-state index in [1.54, 1.807) is 44.7 Å². The van der Waals surface area contributed by atoms with Crippen molar-refractivity contribution in [2.24, 2.45) is 0 Å². The number of hydrogen-bond donors (Lipinski definition) is 2. The quantitative estimate of drug-likeness (QED) is 0.638. The molecule has 0 saturated carbocycles. The molecule has 1 heterocycles. The lowest BCUT2D eigenvalue weighted by atomic mass is 10.2. The fourth-order valence-electron chi connectivity index (χ4n) is 2.45. The van der Waals surface area contributed by atoms with Gasteiger partial charge in [0.2, 0.25) is 5.95 Å². The third-order valence-corrected chi connectivity index (χ3v) is 3.95. The number of rotatable bonds is 7. The highest BCUT2D eigenvalue weighted by Gasteiger charge is 2.07. The van der Waals surface area contributed by atoms with Crippen molar-refractivity contribution >= 4 is 29.1 Å². The minimum Gasteiger partial charge on any atom is -0.496 e. The zero-order chi connectivity index (χ0) is 18.4. The summed E-state index contributed by atoms with van der Waals surface area (Å²) >= 11 is 6.06. The van der Waals surface area contributed by atoms with Gasteiger partial charge in [-0.3, -0.25) is 0 Å². The first-order valence-corrected chi connectivity index (χ1v) is 8.37. The van der Waals surface area contributed by atoms with Crippen molar-refractivity contribution in [1.29, 1.82) is 0 Å². The van der Waals surface area contributed by atoms with Crippen molar-refractivity contribution in [2.45, 2.75) is 6.54 Å². The van der Waals surface area contributed by atoms with Gasteiger partial charge < -0.3 is 20.1 Å². The molecule has 0 aliphatic rings. The van der Waals surface area contributed by atoms with Crippen LogP contribution in [0.3, 0.4) is 0 Å². The van der Waals surface area contributed by atoms with Gasteiger partial charge in [-0.15, -0.1) is 0 Å². The number of anilines is 3. The minimum absolute atomic E-state index is 0.440. The molecule has 0 unspecified atom stereocenters. The second-order valence-corrected chi connectivity index (χ2v) is 5.84. The van der Waals surface area contributed by atoms with Crippen LogP contribution in [0.2, 0.25) is 5.02 Å². The number of nitrogens with one attached hydrogen (secondary N) is 2. The van der Waals surface area contributed by atoms with E-state index in [2.05, 4.69) is 20.6 Å². The van der Waals surface area contributed by atoms with Crippen molar-refractivity contribution in [1.82, 2.24) is 9.97 Å². The van der Waals surface area contributed by atoms with Gasteiger partial charge in [0, 0.05) is 23.3 Å². The highest BCUT2D eigenvalue weighted by atomic mass is 35.5. The summed E-state index contributed by atoms with van der Waals surface area (Å²) in [6.07, 6.45) is 1.68. The Morgan fingerprint density at radius 2 is 1.81 bits per heavy atom. The van der Waals surface area contributed by atoms with Gasteiger partial charge in [0.15, 0.2) is 0 Å². The van der Waals surface area contributed by atoms with E-state index < -0.39 is 0 Å². The second kappa shape index (κ2) is 8.40. The number of nitrogens with zero attached hydrogens (tertiary/aromatic N) is 2. The molecule has 0 fully saturated rings. The van der Waals surface area contributed by atoms with Gasteiger partial charge in [-0.2, -0.15) is 4.98 Å². The smallest absolute Gasteiger partial charge is 0.229 e. The molecule has 0 spiro atoms. The number of methoxy groups -OCH3 is 2. The van der Waals surface area contributed by atoms with Crippen LogP contribution in [0, 0.1) is 0 Å². The van der Waals surface area contributed by atoms with E-state index in [0.29, 0.717) is 34.8 Å². The van der Waals surface area contributed by atoms with Crippen molar-refractivity contribution < 1.29 is 9.47 Å². The van der Waals surface area contributed by atoms with Crippen LogP contribution in [0.1, 0.15) is 5.56 Å². The summed E-state index contributed by atoms with van der Waals surface area (Å²) in [5, 5.41) is 7.00. The fraction of sp³-hybridized carbons (Fsp3) is 0.158. The van der Waals surface area contributed by atoms with Crippen LogP contribution in [0.25, 0.3) is 0 Å². The molecule has 2 N–H and O–H groups in total. The van der Waals surface area contributed by atoms with E-state index in [-0.39, 0.29) is 0 Å². The largest absolute Gasteiger partial charge is 0.496 e. The van der Waals surface area contributed by atoms with E-state index in [1.165, 1.54) is 0 Å². The number of halogens is 1. The fourth-order valence-corrected chi connectivity index (χ4v) is 2.62. The van der Waals surface area contributed by atoms with Crippen LogP contribution >= 0.6 is 11.6 Å². The maximum atomic E-state index is 6.06. The molecule has 2 aromatic carbocycles. The number of hydrogen-bond acceptors (Lipinski definition) is 6. The summed E-state index contributed by atoms with van der Waals surface area (Å²) in [6, 6.07) is 14.9. The van der Waals surface area contributed by atoms with Gasteiger partial charge in [-0.1, -0.05) is 29.8 Å². The summed E-state index contributed by atoms with van der Waals surface area (Å²) in [5.74, 6) is 2.62.